The lowest BCUT2D eigenvalue weighted by Crippen LogP contribution is -2.07. The molecule has 15 heavy (non-hydrogen) atoms. The highest BCUT2D eigenvalue weighted by Gasteiger charge is 2.07. The Morgan fingerprint density at radius 3 is 2.93 bits per heavy atom. The number of nitrogens with zero attached hydrogens (tertiary/aromatic N) is 1. The van der Waals surface area contributed by atoms with E-state index in [9.17, 15) is 14.7 Å². The van der Waals surface area contributed by atoms with Crippen LogP contribution in [-0.4, -0.2) is 29.0 Å². The van der Waals surface area contributed by atoms with Crippen LogP contribution in [0.25, 0.3) is 0 Å². The number of hydrogen-bond acceptors (Lipinski definition) is 5. The molecule has 0 fully saturated rings. The van der Waals surface area contributed by atoms with Crippen molar-refractivity contribution in [3.8, 4) is 5.75 Å². The second-order valence-corrected chi connectivity index (χ2v) is 2.85. The number of aromatic hydroxyl groups is 1. The fraction of sp³-hybridized carbons (Fsp3) is 0.300. The van der Waals surface area contributed by atoms with Gasteiger partial charge in [-0.2, -0.15) is 0 Å². The SMILES string of the molecule is CCOC(=O)Cc1cnc(C=O)c(O)c1. The third-order valence-electron chi connectivity index (χ3n) is 1.72. The van der Waals surface area contributed by atoms with E-state index in [-0.39, 0.29) is 17.9 Å². The van der Waals surface area contributed by atoms with Crippen molar-refractivity contribution in [3.05, 3.63) is 23.5 Å². The van der Waals surface area contributed by atoms with E-state index in [0.717, 1.165) is 0 Å². The molecule has 5 heteroatoms. The highest BCUT2D eigenvalue weighted by molar-refractivity contribution is 5.77. The van der Waals surface area contributed by atoms with E-state index < -0.39 is 5.97 Å². The van der Waals surface area contributed by atoms with Gasteiger partial charge < -0.3 is 9.84 Å². The van der Waals surface area contributed by atoms with Gasteiger partial charge in [0.25, 0.3) is 0 Å². The third-order valence-corrected chi connectivity index (χ3v) is 1.72. The van der Waals surface area contributed by atoms with E-state index in [2.05, 4.69) is 4.98 Å². The summed E-state index contributed by atoms with van der Waals surface area (Å²) < 4.78 is 4.72. The minimum atomic E-state index is -0.391. The molecule has 0 aromatic carbocycles. The number of carbonyl (C=O) groups excluding carboxylic acids is 2. The maximum Gasteiger partial charge on any atom is 0.310 e. The molecule has 0 aliphatic heterocycles. The molecule has 0 amide bonds. The van der Waals surface area contributed by atoms with Crippen molar-refractivity contribution in [2.45, 2.75) is 13.3 Å². The summed E-state index contributed by atoms with van der Waals surface area (Å²) in [5.74, 6) is -0.621. The minimum Gasteiger partial charge on any atom is -0.506 e. The first-order chi connectivity index (χ1) is 7.17. The monoisotopic (exact) mass is 209 g/mol. The molecule has 80 valence electrons. The van der Waals surface area contributed by atoms with Crippen molar-refractivity contribution in [1.82, 2.24) is 4.98 Å². The second kappa shape index (κ2) is 5.09. The summed E-state index contributed by atoms with van der Waals surface area (Å²) in [6.45, 7) is 2.02. The molecule has 1 aromatic heterocycles. The zero-order valence-electron chi connectivity index (χ0n) is 8.27. The van der Waals surface area contributed by atoms with Crippen molar-refractivity contribution in [1.29, 1.82) is 0 Å². The number of esters is 1. The Morgan fingerprint density at radius 1 is 1.67 bits per heavy atom. The van der Waals surface area contributed by atoms with Gasteiger partial charge in [-0.05, 0) is 18.6 Å². The Labute approximate surface area is 86.7 Å². The Hall–Kier alpha value is -1.91. The molecule has 1 rings (SSSR count). The molecule has 1 heterocycles. The molecule has 5 nitrogen and oxygen atoms in total. The van der Waals surface area contributed by atoms with Gasteiger partial charge in [0.1, 0.15) is 11.4 Å². The van der Waals surface area contributed by atoms with Crippen LogP contribution in [0.15, 0.2) is 12.3 Å². The molecule has 1 N–H and O–H groups in total. The minimum absolute atomic E-state index is 0.0353. The number of hydrogen-bond donors (Lipinski definition) is 1. The Kier molecular flexibility index (Phi) is 3.79. The fourth-order valence-electron chi connectivity index (χ4n) is 1.07. The summed E-state index contributed by atoms with van der Waals surface area (Å²) in [4.78, 5) is 25.1. The topological polar surface area (TPSA) is 76.5 Å². The normalized spacial score (nSPS) is 9.67. The molecule has 0 aliphatic carbocycles. The van der Waals surface area contributed by atoms with Crippen LogP contribution >= 0.6 is 0 Å². The van der Waals surface area contributed by atoms with Crippen LogP contribution in [0.5, 0.6) is 5.75 Å². The van der Waals surface area contributed by atoms with Crippen molar-refractivity contribution in [2.75, 3.05) is 6.61 Å². The fourth-order valence-corrected chi connectivity index (χ4v) is 1.07. The van der Waals surface area contributed by atoms with E-state index in [1.54, 1.807) is 6.92 Å². The van der Waals surface area contributed by atoms with Crippen LogP contribution in [-0.2, 0) is 16.0 Å². The first-order valence-electron chi connectivity index (χ1n) is 4.46. The Morgan fingerprint density at radius 2 is 2.40 bits per heavy atom. The molecular formula is C10H11NO4. The molecule has 0 aliphatic rings. The number of aldehydes is 1. The molecule has 0 saturated carbocycles. The average molecular weight is 209 g/mol. The van der Waals surface area contributed by atoms with Gasteiger partial charge in [0.05, 0.1) is 13.0 Å². The predicted molar refractivity (Wildman–Crippen MR) is 51.6 cm³/mol. The first kappa shape index (κ1) is 11.2. The molecule has 0 saturated heterocycles. The largest absolute Gasteiger partial charge is 0.506 e. The molecule has 1 aromatic rings. The average Bonchev–Trinajstić information content (AvgIpc) is 2.18. The van der Waals surface area contributed by atoms with Gasteiger partial charge in [-0.15, -0.1) is 0 Å². The second-order valence-electron chi connectivity index (χ2n) is 2.85. The maximum absolute atomic E-state index is 11.1. The standard InChI is InChI=1S/C10H11NO4/c1-2-15-10(14)4-7-3-9(13)8(6-12)11-5-7/h3,5-6,13H,2,4H2,1H3. The van der Waals surface area contributed by atoms with Gasteiger partial charge in [-0.3, -0.25) is 9.59 Å². The van der Waals surface area contributed by atoms with Crippen LogP contribution in [0, 0.1) is 0 Å². The van der Waals surface area contributed by atoms with Crippen LogP contribution in [0.1, 0.15) is 23.0 Å². The van der Waals surface area contributed by atoms with E-state index in [1.807, 2.05) is 0 Å². The lowest BCUT2D eigenvalue weighted by Gasteiger charge is -2.02. The van der Waals surface area contributed by atoms with Gasteiger partial charge in [-0.25, -0.2) is 4.98 Å². The smallest absolute Gasteiger partial charge is 0.310 e. The summed E-state index contributed by atoms with van der Waals surface area (Å²) in [6.07, 6.45) is 1.84. The van der Waals surface area contributed by atoms with Crippen LogP contribution < -0.4 is 0 Å². The molecular weight excluding hydrogens is 198 g/mol. The third kappa shape index (κ3) is 3.05. The highest BCUT2D eigenvalue weighted by atomic mass is 16.5. The Bertz CT molecular complexity index is 376. The quantitative estimate of drug-likeness (QED) is 0.583. The van der Waals surface area contributed by atoms with Crippen molar-refractivity contribution >= 4 is 12.3 Å². The lowest BCUT2D eigenvalue weighted by molar-refractivity contribution is -0.142. The zero-order valence-corrected chi connectivity index (χ0v) is 8.27. The Balaban J connectivity index is 2.75. The lowest BCUT2D eigenvalue weighted by atomic mass is 10.2. The van der Waals surface area contributed by atoms with Crippen LogP contribution in [0.3, 0.4) is 0 Å². The number of carbonyl (C=O) groups is 2. The highest BCUT2D eigenvalue weighted by Crippen LogP contribution is 2.14. The van der Waals surface area contributed by atoms with Crippen molar-refractivity contribution in [2.24, 2.45) is 0 Å². The van der Waals surface area contributed by atoms with E-state index >= 15 is 0 Å². The first-order valence-corrected chi connectivity index (χ1v) is 4.46. The van der Waals surface area contributed by atoms with Crippen LogP contribution in [0.4, 0.5) is 0 Å². The molecule has 0 radical (unpaired) electrons. The maximum atomic E-state index is 11.1. The van der Waals surface area contributed by atoms with E-state index in [1.165, 1.54) is 12.3 Å². The zero-order chi connectivity index (χ0) is 11.3. The molecule has 0 unspecified atom stereocenters. The van der Waals surface area contributed by atoms with Crippen molar-refractivity contribution < 1.29 is 19.4 Å². The van der Waals surface area contributed by atoms with Gasteiger partial charge in [-0.1, -0.05) is 0 Å². The number of ether oxygens (including phenoxy) is 1. The summed E-state index contributed by atoms with van der Waals surface area (Å²) >= 11 is 0. The summed E-state index contributed by atoms with van der Waals surface area (Å²) in [7, 11) is 0. The predicted octanol–water partition coefficient (Wildman–Crippen LogP) is 0.705. The molecule has 0 bridgehead atoms. The van der Waals surface area contributed by atoms with Crippen LogP contribution in [0.2, 0.25) is 0 Å². The van der Waals surface area contributed by atoms with Gasteiger partial charge in [0, 0.05) is 6.20 Å². The molecule has 0 spiro atoms. The van der Waals surface area contributed by atoms with E-state index in [0.29, 0.717) is 18.5 Å². The molecule has 0 atom stereocenters. The van der Waals surface area contributed by atoms with Gasteiger partial charge in [0.15, 0.2) is 6.29 Å². The van der Waals surface area contributed by atoms with Crippen molar-refractivity contribution in [3.63, 3.8) is 0 Å². The summed E-state index contributed by atoms with van der Waals surface area (Å²) in [6, 6.07) is 1.33. The number of pyridine rings is 1. The summed E-state index contributed by atoms with van der Waals surface area (Å²) in [5.41, 5.74) is 0.471. The van der Waals surface area contributed by atoms with Gasteiger partial charge in [0.2, 0.25) is 0 Å². The summed E-state index contributed by atoms with van der Waals surface area (Å²) in [5, 5.41) is 9.29. The number of rotatable bonds is 4. The number of aromatic nitrogens is 1. The van der Waals surface area contributed by atoms with E-state index in [4.69, 9.17) is 4.74 Å². The van der Waals surface area contributed by atoms with Gasteiger partial charge >= 0.3 is 5.97 Å².